The second kappa shape index (κ2) is 2.22. The fourth-order valence-electron chi connectivity index (χ4n) is 1.34. The van der Waals surface area contributed by atoms with Gasteiger partial charge in [0.15, 0.2) is 15.8 Å². The molecule has 0 saturated heterocycles. The van der Waals surface area contributed by atoms with Gasteiger partial charge in [0, 0.05) is 6.42 Å². The first-order valence-corrected chi connectivity index (χ1v) is 5.43. The van der Waals surface area contributed by atoms with E-state index < -0.39 is 9.84 Å². The molecule has 66 valence electrons. The maximum Gasteiger partial charge on any atom is 0.197 e. The van der Waals surface area contributed by atoms with Gasteiger partial charge in [-0.25, -0.2) is 13.4 Å². The van der Waals surface area contributed by atoms with Crippen LogP contribution in [-0.4, -0.2) is 24.1 Å². The molecule has 0 amide bonds. The van der Waals surface area contributed by atoms with Crippen LogP contribution in [0.15, 0.2) is 0 Å². The van der Waals surface area contributed by atoms with Gasteiger partial charge in [0.05, 0.1) is 22.9 Å². The molecule has 0 bridgehead atoms. The first-order chi connectivity index (χ1) is 5.57. The van der Waals surface area contributed by atoms with Gasteiger partial charge in [-0.1, -0.05) is 0 Å². The molecule has 6 heteroatoms. The molecule has 2 heterocycles. The number of aromatic nitrogens is 2. The van der Waals surface area contributed by atoms with E-state index in [0.29, 0.717) is 18.1 Å². The third-order valence-corrected chi connectivity index (χ3v) is 3.45. The quantitative estimate of drug-likeness (QED) is 0.571. The predicted molar refractivity (Wildman–Crippen MR) is 44.2 cm³/mol. The van der Waals surface area contributed by atoms with Crippen molar-refractivity contribution in [3.63, 3.8) is 0 Å². The summed E-state index contributed by atoms with van der Waals surface area (Å²) in [5.74, 6) is 0.536. The second-order valence-corrected chi connectivity index (χ2v) is 5.07. The Morgan fingerprint density at radius 1 is 1.50 bits per heavy atom. The molecule has 1 aromatic heterocycles. The molecule has 1 aliphatic heterocycles. The van der Waals surface area contributed by atoms with E-state index in [1.54, 1.807) is 0 Å². The number of nitrogens with one attached hydrogen (secondary N) is 1. The lowest BCUT2D eigenvalue weighted by molar-refractivity contribution is 0.590. The minimum Gasteiger partial charge on any atom is -0.369 e. The number of H-pyrrole nitrogens is 1. The Kier molecular flexibility index (Phi) is 1.41. The predicted octanol–water partition coefficient (Wildman–Crippen LogP) is -0.537. The van der Waals surface area contributed by atoms with Crippen molar-refractivity contribution in [2.75, 3.05) is 11.5 Å². The standard InChI is InChI=1S/C6H9N3O2S/c7-6-8-4-1-2-12(10,11)3-5(4)9-6/h1-3H2,(H3,7,8,9). The lowest BCUT2D eigenvalue weighted by Crippen LogP contribution is -2.18. The maximum absolute atomic E-state index is 11.1. The molecular formula is C6H9N3O2S. The second-order valence-electron chi connectivity index (χ2n) is 2.89. The zero-order valence-electron chi connectivity index (χ0n) is 6.37. The lowest BCUT2D eigenvalue weighted by Gasteiger charge is -2.09. The summed E-state index contributed by atoms with van der Waals surface area (Å²) < 4.78 is 22.3. The van der Waals surface area contributed by atoms with Gasteiger partial charge in [-0.05, 0) is 0 Å². The van der Waals surface area contributed by atoms with E-state index in [0.717, 1.165) is 5.69 Å². The van der Waals surface area contributed by atoms with Crippen LogP contribution in [0.1, 0.15) is 11.4 Å². The number of rotatable bonds is 0. The fourth-order valence-corrected chi connectivity index (χ4v) is 2.67. The number of nitrogens with zero attached hydrogens (tertiary/aromatic N) is 1. The van der Waals surface area contributed by atoms with Crippen molar-refractivity contribution in [1.29, 1.82) is 0 Å². The molecule has 0 unspecified atom stereocenters. The zero-order valence-corrected chi connectivity index (χ0v) is 7.19. The summed E-state index contributed by atoms with van der Waals surface area (Å²) in [5.41, 5.74) is 6.83. The van der Waals surface area contributed by atoms with Crippen LogP contribution >= 0.6 is 0 Å². The van der Waals surface area contributed by atoms with E-state index in [4.69, 9.17) is 5.73 Å². The molecule has 3 N–H and O–H groups in total. The van der Waals surface area contributed by atoms with Crippen LogP contribution in [0.4, 0.5) is 5.95 Å². The summed E-state index contributed by atoms with van der Waals surface area (Å²) >= 11 is 0. The van der Waals surface area contributed by atoms with Crippen LogP contribution in [0.25, 0.3) is 0 Å². The summed E-state index contributed by atoms with van der Waals surface area (Å²) in [5, 5.41) is 0. The number of anilines is 1. The number of hydrogen-bond acceptors (Lipinski definition) is 4. The van der Waals surface area contributed by atoms with Crippen molar-refractivity contribution < 1.29 is 8.42 Å². The molecular weight excluding hydrogens is 178 g/mol. The Morgan fingerprint density at radius 2 is 2.25 bits per heavy atom. The van der Waals surface area contributed by atoms with Crippen molar-refractivity contribution in [2.45, 2.75) is 12.2 Å². The monoisotopic (exact) mass is 187 g/mol. The highest BCUT2D eigenvalue weighted by Crippen LogP contribution is 2.18. The molecule has 0 radical (unpaired) electrons. The Balaban J connectivity index is 2.47. The average Bonchev–Trinajstić information content (AvgIpc) is 2.26. The molecule has 0 saturated carbocycles. The molecule has 0 aliphatic carbocycles. The summed E-state index contributed by atoms with van der Waals surface area (Å²) in [4.78, 5) is 6.71. The van der Waals surface area contributed by atoms with Crippen LogP contribution in [0, 0.1) is 0 Å². The minimum absolute atomic E-state index is 0.0481. The Hall–Kier alpha value is -1.04. The molecule has 2 rings (SSSR count). The Labute approximate surface area is 69.9 Å². The topological polar surface area (TPSA) is 88.8 Å². The number of nitrogens with two attached hydrogens (primary N) is 1. The van der Waals surface area contributed by atoms with Crippen molar-refractivity contribution >= 4 is 15.8 Å². The van der Waals surface area contributed by atoms with E-state index in [1.807, 2.05) is 0 Å². The number of sulfone groups is 1. The summed E-state index contributed by atoms with van der Waals surface area (Å²) in [6.45, 7) is 0. The van der Waals surface area contributed by atoms with Gasteiger partial charge in [-0.3, -0.25) is 0 Å². The molecule has 0 fully saturated rings. The number of aromatic amines is 1. The van der Waals surface area contributed by atoms with Crippen molar-refractivity contribution in [3.8, 4) is 0 Å². The van der Waals surface area contributed by atoms with E-state index in [2.05, 4.69) is 9.97 Å². The van der Waals surface area contributed by atoms with Crippen LogP contribution in [0.5, 0.6) is 0 Å². The van der Waals surface area contributed by atoms with Crippen molar-refractivity contribution in [2.24, 2.45) is 0 Å². The number of imidazole rings is 1. The van der Waals surface area contributed by atoms with Gasteiger partial charge >= 0.3 is 0 Å². The van der Waals surface area contributed by atoms with Crippen molar-refractivity contribution in [3.05, 3.63) is 11.4 Å². The lowest BCUT2D eigenvalue weighted by atomic mass is 10.3. The number of nitrogen functional groups attached to an aromatic ring is 1. The number of fused-ring (bicyclic) bond motifs is 1. The van der Waals surface area contributed by atoms with Crippen LogP contribution in [0.3, 0.4) is 0 Å². The third kappa shape index (κ3) is 1.18. The van der Waals surface area contributed by atoms with E-state index in [1.165, 1.54) is 0 Å². The van der Waals surface area contributed by atoms with E-state index >= 15 is 0 Å². The van der Waals surface area contributed by atoms with Gasteiger partial charge < -0.3 is 10.7 Å². The fraction of sp³-hybridized carbons (Fsp3) is 0.500. The molecule has 0 spiro atoms. The van der Waals surface area contributed by atoms with Crippen LogP contribution < -0.4 is 5.73 Å². The highest BCUT2D eigenvalue weighted by molar-refractivity contribution is 7.90. The Bertz CT molecular complexity index is 406. The third-order valence-electron chi connectivity index (χ3n) is 1.90. The van der Waals surface area contributed by atoms with Gasteiger partial charge in [-0.2, -0.15) is 0 Å². The van der Waals surface area contributed by atoms with Gasteiger partial charge in [0.2, 0.25) is 0 Å². The molecule has 0 atom stereocenters. The number of hydrogen-bond donors (Lipinski definition) is 2. The largest absolute Gasteiger partial charge is 0.369 e. The Morgan fingerprint density at radius 3 is 3.00 bits per heavy atom. The number of aryl methyl sites for hydroxylation is 1. The molecule has 0 aromatic carbocycles. The maximum atomic E-state index is 11.1. The van der Waals surface area contributed by atoms with Crippen LogP contribution in [-0.2, 0) is 22.0 Å². The normalized spacial score (nSPS) is 20.3. The van der Waals surface area contributed by atoms with Gasteiger partial charge in [0.1, 0.15) is 0 Å². The molecule has 12 heavy (non-hydrogen) atoms. The van der Waals surface area contributed by atoms with Gasteiger partial charge in [-0.15, -0.1) is 0 Å². The summed E-state index contributed by atoms with van der Waals surface area (Å²) in [6.07, 6.45) is 0.478. The van der Waals surface area contributed by atoms with Crippen molar-refractivity contribution in [1.82, 2.24) is 9.97 Å². The summed E-state index contributed by atoms with van der Waals surface area (Å²) in [7, 11) is -2.91. The summed E-state index contributed by atoms with van der Waals surface area (Å²) in [6, 6.07) is 0. The molecule has 1 aromatic rings. The highest BCUT2D eigenvalue weighted by atomic mass is 32.2. The van der Waals surface area contributed by atoms with E-state index in [-0.39, 0.29) is 11.5 Å². The molecule has 1 aliphatic rings. The average molecular weight is 187 g/mol. The first kappa shape index (κ1) is 7.60. The molecule has 5 nitrogen and oxygen atoms in total. The SMILES string of the molecule is Nc1nc2c([nH]1)CS(=O)(=O)CC2. The zero-order chi connectivity index (χ0) is 8.77. The minimum atomic E-state index is -2.91. The van der Waals surface area contributed by atoms with Gasteiger partial charge in [0.25, 0.3) is 0 Å². The van der Waals surface area contributed by atoms with E-state index in [9.17, 15) is 8.42 Å². The first-order valence-electron chi connectivity index (χ1n) is 3.60. The highest BCUT2D eigenvalue weighted by Gasteiger charge is 2.23. The smallest absolute Gasteiger partial charge is 0.197 e. The van der Waals surface area contributed by atoms with Crippen LogP contribution in [0.2, 0.25) is 0 Å².